The number of esters is 3. The number of nitrogens with zero attached hydrogens (tertiary/aromatic N) is 1. The average Bonchev–Trinajstić information content (AvgIpc) is 1.36. The first kappa shape index (κ1) is 40.8. The van der Waals surface area contributed by atoms with E-state index in [-0.39, 0.29) is 38.6 Å². The lowest BCUT2D eigenvalue weighted by molar-refractivity contribution is -0.167. The van der Waals surface area contributed by atoms with Gasteiger partial charge in [0.1, 0.15) is 5.60 Å². The summed E-state index contributed by atoms with van der Waals surface area (Å²) in [5, 5.41) is 75.8. The van der Waals surface area contributed by atoms with Gasteiger partial charge < -0.3 is 14.2 Å². The summed E-state index contributed by atoms with van der Waals surface area (Å²) in [6.45, 7) is 5.65. The molecule has 2 N–H and O–H groups in total. The van der Waals surface area contributed by atoms with Gasteiger partial charge in [-0.3, -0.25) is 24.4 Å². The zero-order chi connectivity index (χ0) is 58.4. The van der Waals surface area contributed by atoms with Crippen LogP contribution < -0.4 is 17.1 Å². The van der Waals surface area contributed by atoms with E-state index in [4.69, 9.17) is 14.2 Å². The smallest absolute Gasteiger partial charge is 0.333 e. The molecule has 34 rings (SSSR count). The molecular formula is C80H29N3O9. The van der Waals surface area contributed by atoms with Crippen LogP contribution in [0.1, 0.15) is 81.5 Å². The second-order valence-electron chi connectivity index (χ2n) is 31.7. The minimum absolute atomic E-state index is 0.0385. The summed E-state index contributed by atoms with van der Waals surface area (Å²) in [6, 6.07) is 0. The molecule has 28 aromatic carbocycles. The molecule has 0 bridgehead atoms. The molecule has 0 unspecified atom stereocenters. The van der Waals surface area contributed by atoms with Gasteiger partial charge >= 0.3 is 35.0 Å². The van der Waals surface area contributed by atoms with Gasteiger partial charge in [0.05, 0.1) is 24.0 Å². The summed E-state index contributed by atoms with van der Waals surface area (Å²) >= 11 is 0. The van der Waals surface area contributed by atoms with Gasteiger partial charge in [0, 0.05) is 13.0 Å². The van der Waals surface area contributed by atoms with E-state index in [9.17, 15) is 19.2 Å². The van der Waals surface area contributed by atoms with Gasteiger partial charge in [-0.1, -0.05) is 6.42 Å². The first-order valence-corrected chi connectivity index (χ1v) is 33.2. The van der Waals surface area contributed by atoms with Crippen LogP contribution >= 0.6 is 0 Å². The summed E-state index contributed by atoms with van der Waals surface area (Å²) in [4.78, 5) is 90.2. The summed E-state index contributed by atoms with van der Waals surface area (Å²) in [5.41, 5.74) is -2.91. The van der Waals surface area contributed by atoms with Crippen molar-refractivity contribution in [2.45, 2.75) is 82.3 Å². The van der Waals surface area contributed by atoms with Crippen LogP contribution in [0.15, 0.2) is 14.4 Å². The third-order valence-electron chi connectivity index (χ3n) is 28.6. The van der Waals surface area contributed by atoms with E-state index in [1.54, 1.807) is 0 Å². The van der Waals surface area contributed by atoms with Crippen molar-refractivity contribution in [2.24, 2.45) is 5.41 Å². The van der Waals surface area contributed by atoms with Crippen LogP contribution in [-0.4, -0.2) is 51.3 Å². The van der Waals surface area contributed by atoms with Gasteiger partial charge in [-0.2, -0.15) is 0 Å². The largest absolute Gasteiger partial charge is 0.465 e. The second-order valence-corrected chi connectivity index (χ2v) is 31.7. The number of aromatic nitrogens is 3. The molecule has 418 valence electrons. The predicted molar refractivity (Wildman–Crippen MR) is 364 cm³/mol. The molecule has 2 spiro atoms. The minimum Gasteiger partial charge on any atom is -0.465 e. The lowest BCUT2D eigenvalue weighted by Gasteiger charge is -2.32. The van der Waals surface area contributed by atoms with Crippen LogP contribution in [0.2, 0.25) is 0 Å². The number of H-pyrrole nitrogens is 2. The number of benzene rings is 18. The van der Waals surface area contributed by atoms with Crippen molar-refractivity contribution in [3.8, 4) is 0 Å². The normalized spacial score (nSPS) is 21.3. The Morgan fingerprint density at radius 3 is 0.804 bits per heavy atom. The topological polar surface area (TPSA) is 167 Å². The monoisotopic (exact) mass is 1180 g/mol. The third kappa shape index (κ3) is 2.65. The van der Waals surface area contributed by atoms with Crippen LogP contribution in [0, 0.1) is 5.41 Å². The molecule has 0 amide bonds. The van der Waals surface area contributed by atoms with Crippen molar-refractivity contribution in [1.29, 1.82) is 0 Å². The molecule has 5 aliphatic rings. The molecule has 1 heterocycles. The number of carbonyl (C=O) groups is 3. The maximum Gasteiger partial charge on any atom is 0.333 e. The third-order valence-corrected chi connectivity index (χ3v) is 28.6. The molecule has 12 nitrogen and oxygen atoms in total. The quantitative estimate of drug-likeness (QED) is 0.0375. The second kappa shape index (κ2) is 10.2. The van der Waals surface area contributed by atoms with E-state index in [0.29, 0.717) is 25.7 Å². The number of nitrogens with one attached hydrogen (secondary N) is 2. The Kier molecular flexibility index (Phi) is 4.53. The zero-order valence-electron chi connectivity index (χ0n) is 48.5. The Balaban J connectivity index is 0.795. The standard InChI is InChI=1S/C80H29N3O9/c1-77(2,3)92-13(84)9-8-12-91-73(86)80(72(85)90-11-7-5-4-6-10-83-75(88)81-74(87)82-76(83)89)78-68-60-52-42-32-24-16-14-15-18-22-20(16)28-36-30(22)40-34-26(18)27-19(15)23-21-17(14)25(24)33-39-29(21)37-31(23)41-35(27)45-44(34)54-48(40)58-50(36)56(46(52)38(28)32)64(68)66(58)70-62(54)63-55(45)49(41)59-51(37)57-47(39)53(43(33)42)61(60)69(78)65(57)67(59)71(63)79(70,78)80/h4-12H2,1-3H3,(H2,81,82,87,88,89). The zero-order valence-corrected chi connectivity index (χ0v) is 48.5. The Hall–Kier alpha value is -10.7. The Morgan fingerprint density at radius 2 is 0.554 bits per heavy atom. The molecule has 0 atom stereocenters. The molecule has 0 aliphatic heterocycles. The molecule has 1 saturated carbocycles. The van der Waals surface area contributed by atoms with Gasteiger partial charge in [-0.05, 0) is 360 Å². The fourth-order valence-corrected chi connectivity index (χ4v) is 27.8. The van der Waals surface area contributed by atoms with E-state index in [1.807, 2.05) is 20.8 Å². The fraction of sp³-hybridized carbons (Fsp3) is 0.200. The number of carbonyl (C=O) groups excluding carboxylic acids is 3. The molecule has 1 aromatic heterocycles. The Labute approximate surface area is 503 Å². The van der Waals surface area contributed by atoms with Gasteiger partial charge in [0.15, 0.2) is 5.41 Å². The SMILES string of the molecule is CC(C)(C)OC(=O)CCCOC(=O)C1(C(=O)OCCCCCCn2c(=O)[nH]c(=O)[nH]c2=O)C23c4c5c6c7c8c9c(c%10c%11c2c2c4c4c%12c5c5c6c6c8c8c%13c9c9c%10c%10c%11c%11c2c2c4c4c%12c%12c5c5c6c8c6c8c%13c9c9c%10c%10c%11c2c2c4c4c%12c5c6c5c8c9c%10c2c45)C713. The predicted octanol–water partition coefficient (Wildman–Crippen LogP) is 16.3. The van der Waals surface area contributed by atoms with E-state index in [1.165, 1.54) is 291 Å². The fourth-order valence-electron chi connectivity index (χ4n) is 27.8. The molecule has 92 heavy (non-hydrogen) atoms. The maximum absolute atomic E-state index is 17.6. The van der Waals surface area contributed by atoms with E-state index in [2.05, 4.69) is 9.97 Å². The van der Waals surface area contributed by atoms with Crippen molar-refractivity contribution in [1.82, 2.24) is 14.5 Å². The molecule has 5 aliphatic carbocycles. The van der Waals surface area contributed by atoms with E-state index < -0.39 is 50.9 Å². The van der Waals surface area contributed by atoms with Crippen LogP contribution in [0.4, 0.5) is 0 Å². The minimum atomic E-state index is -1.94. The van der Waals surface area contributed by atoms with Crippen molar-refractivity contribution in [2.75, 3.05) is 13.2 Å². The number of rotatable bonds is 13. The van der Waals surface area contributed by atoms with Crippen molar-refractivity contribution in [3.05, 3.63) is 53.7 Å². The lowest BCUT2D eigenvalue weighted by atomic mass is 9.68. The van der Waals surface area contributed by atoms with Gasteiger partial charge in [-0.25, -0.2) is 19.0 Å². The summed E-state index contributed by atoms with van der Waals surface area (Å²) in [6.07, 6.45) is 2.45. The first-order chi connectivity index (χ1) is 45.0. The molecule has 1 fully saturated rings. The molecular weight excluding hydrogens is 1150 g/mol. The number of aromatic amines is 2. The Morgan fingerprint density at radius 1 is 0.326 bits per heavy atom. The highest BCUT2D eigenvalue weighted by atomic mass is 16.6. The Bertz CT molecular complexity index is 7920. The van der Waals surface area contributed by atoms with Crippen LogP contribution in [0.5, 0.6) is 0 Å². The van der Waals surface area contributed by atoms with E-state index >= 15 is 9.59 Å². The molecule has 0 radical (unpaired) electrons. The average molecular weight is 1180 g/mol. The van der Waals surface area contributed by atoms with Gasteiger partial charge in [0.2, 0.25) is 0 Å². The number of hydrogen-bond acceptors (Lipinski definition) is 9. The van der Waals surface area contributed by atoms with E-state index in [0.717, 1.165) is 26.8 Å². The molecule has 12 heteroatoms. The highest BCUT2D eigenvalue weighted by Crippen LogP contribution is 2.96. The number of unbranched alkanes of at least 4 members (excludes halogenated alkanes) is 3. The van der Waals surface area contributed by atoms with Crippen molar-refractivity contribution in [3.63, 3.8) is 0 Å². The molecule has 29 aromatic rings. The van der Waals surface area contributed by atoms with Gasteiger partial charge in [0.25, 0.3) is 0 Å². The lowest BCUT2D eigenvalue weighted by Crippen LogP contribution is -2.43. The summed E-state index contributed by atoms with van der Waals surface area (Å²) in [7, 11) is 0. The van der Waals surface area contributed by atoms with Gasteiger partial charge in [-0.15, -0.1) is 0 Å². The highest BCUT2D eigenvalue weighted by Gasteiger charge is 3.01. The first-order valence-electron chi connectivity index (χ1n) is 33.2. The van der Waals surface area contributed by atoms with Crippen LogP contribution in [0.3, 0.4) is 0 Å². The number of ether oxygens (including phenoxy) is 3. The number of hydrogen-bond donors (Lipinski definition) is 2. The van der Waals surface area contributed by atoms with Crippen molar-refractivity contribution >= 4 is 309 Å². The summed E-state index contributed by atoms with van der Waals surface area (Å²) < 4.78 is 20.9. The molecule has 0 saturated heterocycles. The van der Waals surface area contributed by atoms with Crippen LogP contribution in [0.25, 0.3) is 291 Å². The maximum atomic E-state index is 17.6. The highest BCUT2D eigenvalue weighted by molar-refractivity contribution is 6.82. The van der Waals surface area contributed by atoms with Crippen LogP contribution in [-0.2, 0) is 46.0 Å². The van der Waals surface area contributed by atoms with Crippen molar-refractivity contribution < 1.29 is 28.6 Å². The summed E-state index contributed by atoms with van der Waals surface area (Å²) in [5.74, 6) is -1.48.